The summed E-state index contributed by atoms with van der Waals surface area (Å²) in [6.45, 7) is 1.31. The highest BCUT2D eigenvalue weighted by Crippen LogP contribution is 2.17. The number of likely N-dealkylation sites (N-methyl/N-ethyl adjacent to an activating group) is 1. The van der Waals surface area contributed by atoms with Gasteiger partial charge in [0, 0.05) is 19.2 Å². The molecule has 1 unspecified atom stereocenters. The van der Waals surface area contributed by atoms with Crippen LogP contribution in [0.3, 0.4) is 0 Å². The summed E-state index contributed by atoms with van der Waals surface area (Å²) in [6, 6.07) is 3.77. The van der Waals surface area contributed by atoms with Crippen LogP contribution in [0.25, 0.3) is 0 Å². The van der Waals surface area contributed by atoms with Crippen LogP contribution in [0.2, 0.25) is 0 Å². The molecule has 0 bridgehead atoms. The first kappa shape index (κ1) is 14.9. The van der Waals surface area contributed by atoms with E-state index in [4.69, 9.17) is 0 Å². The molecular weight excluding hydrogens is 266 g/mol. The maximum Gasteiger partial charge on any atom is 0.226 e. The summed E-state index contributed by atoms with van der Waals surface area (Å²) in [6.07, 6.45) is 0.350. The van der Waals surface area contributed by atoms with Gasteiger partial charge in [-0.2, -0.15) is 0 Å². The molecule has 6 heteroatoms. The number of hydrogen-bond acceptors (Lipinski definition) is 3. The first-order valence-corrected chi connectivity index (χ1v) is 6.51. The SMILES string of the molecule is CN(CC1(O)CCNC1)C(=O)Cc1cccc(F)c1F. The van der Waals surface area contributed by atoms with E-state index in [-0.39, 0.29) is 24.4 Å². The molecule has 110 valence electrons. The van der Waals surface area contributed by atoms with Crippen LogP contribution in [0.5, 0.6) is 0 Å². The molecule has 1 aromatic carbocycles. The molecule has 0 spiro atoms. The largest absolute Gasteiger partial charge is 0.387 e. The molecule has 1 heterocycles. The van der Waals surface area contributed by atoms with Gasteiger partial charge in [-0.05, 0) is 19.0 Å². The molecule has 1 aliphatic rings. The van der Waals surface area contributed by atoms with Crippen LogP contribution in [-0.4, -0.2) is 48.2 Å². The average molecular weight is 284 g/mol. The average Bonchev–Trinajstić information content (AvgIpc) is 2.81. The van der Waals surface area contributed by atoms with Crippen molar-refractivity contribution in [2.24, 2.45) is 0 Å². The van der Waals surface area contributed by atoms with Gasteiger partial charge in [-0.1, -0.05) is 12.1 Å². The minimum absolute atomic E-state index is 0.0263. The highest BCUT2D eigenvalue weighted by atomic mass is 19.2. The van der Waals surface area contributed by atoms with E-state index in [0.29, 0.717) is 19.5 Å². The van der Waals surface area contributed by atoms with Gasteiger partial charge in [0.05, 0.1) is 18.6 Å². The van der Waals surface area contributed by atoms with Crippen LogP contribution >= 0.6 is 0 Å². The van der Waals surface area contributed by atoms with Gasteiger partial charge in [0.1, 0.15) is 0 Å². The summed E-state index contributed by atoms with van der Waals surface area (Å²) >= 11 is 0. The van der Waals surface area contributed by atoms with Crippen LogP contribution in [0.1, 0.15) is 12.0 Å². The third-order valence-electron chi connectivity index (χ3n) is 3.55. The number of β-amino-alcohol motifs (C(OH)–C–C–N with tert-alkyl or cyclic N) is 1. The standard InChI is InChI=1S/C14H18F2N2O2/c1-18(9-14(20)5-6-17-8-14)12(19)7-10-3-2-4-11(15)13(10)16/h2-4,17,20H,5-9H2,1H3. The van der Waals surface area contributed by atoms with E-state index in [1.54, 1.807) is 7.05 Å². The van der Waals surface area contributed by atoms with E-state index in [1.807, 2.05) is 0 Å². The van der Waals surface area contributed by atoms with Crippen molar-refractivity contribution in [3.63, 3.8) is 0 Å². The van der Waals surface area contributed by atoms with Gasteiger partial charge in [-0.3, -0.25) is 4.79 Å². The Balaban J connectivity index is 1.99. The van der Waals surface area contributed by atoms with Crippen molar-refractivity contribution in [3.05, 3.63) is 35.4 Å². The molecule has 0 radical (unpaired) electrons. The van der Waals surface area contributed by atoms with Crippen molar-refractivity contribution in [2.45, 2.75) is 18.4 Å². The fraction of sp³-hybridized carbons (Fsp3) is 0.500. The number of aliphatic hydroxyl groups is 1. The van der Waals surface area contributed by atoms with Crippen molar-refractivity contribution in [3.8, 4) is 0 Å². The lowest BCUT2D eigenvalue weighted by Crippen LogP contribution is -2.45. The number of carbonyl (C=O) groups excluding carboxylic acids is 1. The third kappa shape index (κ3) is 3.32. The Morgan fingerprint density at radius 1 is 1.50 bits per heavy atom. The van der Waals surface area contributed by atoms with Crippen LogP contribution in [0, 0.1) is 11.6 Å². The Labute approximate surface area is 116 Å². The highest BCUT2D eigenvalue weighted by Gasteiger charge is 2.33. The summed E-state index contributed by atoms with van der Waals surface area (Å²) in [5, 5.41) is 13.2. The molecule has 20 heavy (non-hydrogen) atoms. The molecule has 0 saturated carbocycles. The van der Waals surface area contributed by atoms with Crippen molar-refractivity contribution in [2.75, 3.05) is 26.7 Å². The van der Waals surface area contributed by atoms with Gasteiger partial charge in [0.15, 0.2) is 11.6 Å². The lowest BCUT2D eigenvalue weighted by atomic mass is 10.0. The van der Waals surface area contributed by atoms with Crippen molar-refractivity contribution >= 4 is 5.91 Å². The minimum Gasteiger partial charge on any atom is -0.387 e. The Morgan fingerprint density at radius 2 is 2.25 bits per heavy atom. The maximum absolute atomic E-state index is 13.5. The van der Waals surface area contributed by atoms with Crippen LogP contribution in [-0.2, 0) is 11.2 Å². The molecule has 1 saturated heterocycles. The summed E-state index contributed by atoms with van der Waals surface area (Å²) in [4.78, 5) is 13.4. The van der Waals surface area contributed by atoms with Crippen LogP contribution < -0.4 is 5.32 Å². The second-order valence-electron chi connectivity index (χ2n) is 5.29. The predicted octanol–water partition coefficient (Wildman–Crippen LogP) is 0.690. The minimum atomic E-state index is -0.990. The fourth-order valence-corrected chi connectivity index (χ4v) is 2.38. The zero-order valence-electron chi connectivity index (χ0n) is 11.3. The molecule has 1 amide bonds. The number of halogens is 2. The molecule has 1 aromatic rings. The second-order valence-corrected chi connectivity index (χ2v) is 5.29. The fourth-order valence-electron chi connectivity index (χ4n) is 2.38. The topological polar surface area (TPSA) is 52.6 Å². The zero-order chi connectivity index (χ0) is 14.8. The highest BCUT2D eigenvalue weighted by molar-refractivity contribution is 5.78. The first-order valence-electron chi connectivity index (χ1n) is 6.51. The quantitative estimate of drug-likeness (QED) is 0.855. The Bertz CT molecular complexity index is 502. The normalized spacial score (nSPS) is 22.0. The van der Waals surface area contributed by atoms with E-state index in [2.05, 4.69) is 5.32 Å². The van der Waals surface area contributed by atoms with E-state index >= 15 is 0 Å². The predicted molar refractivity (Wildman–Crippen MR) is 70.1 cm³/mol. The first-order chi connectivity index (χ1) is 9.41. The number of hydrogen-bond donors (Lipinski definition) is 2. The number of rotatable bonds is 4. The smallest absolute Gasteiger partial charge is 0.226 e. The number of benzene rings is 1. The third-order valence-corrected chi connectivity index (χ3v) is 3.55. The molecule has 4 nitrogen and oxygen atoms in total. The molecular formula is C14H18F2N2O2. The van der Waals surface area contributed by atoms with Crippen LogP contribution in [0.15, 0.2) is 18.2 Å². The van der Waals surface area contributed by atoms with E-state index in [1.165, 1.54) is 17.0 Å². The molecule has 0 aliphatic carbocycles. The van der Waals surface area contributed by atoms with Gasteiger partial charge >= 0.3 is 0 Å². The summed E-state index contributed by atoms with van der Waals surface area (Å²) in [7, 11) is 1.55. The van der Waals surface area contributed by atoms with Gasteiger partial charge < -0.3 is 15.3 Å². The number of amides is 1. The van der Waals surface area contributed by atoms with Crippen molar-refractivity contribution < 1.29 is 18.7 Å². The number of nitrogens with zero attached hydrogens (tertiary/aromatic N) is 1. The summed E-state index contributed by atoms with van der Waals surface area (Å²) in [5.41, 5.74) is -0.913. The van der Waals surface area contributed by atoms with Gasteiger partial charge in [0.2, 0.25) is 5.91 Å². The molecule has 2 rings (SSSR count). The number of nitrogens with one attached hydrogen (secondary N) is 1. The lowest BCUT2D eigenvalue weighted by Gasteiger charge is -2.28. The molecule has 1 aliphatic heterocycles. The molecule has 1 fully saturated rings. The molecule has 1 atom stereocenters. The lowest BCUT2D eigenvalue weighted by molar-refractivity contribution is -0.132. The summed E-state index contributed by atoms with van der Waals surface area (Å²) < 4.78 is 26.6. The second kappa shape index (κ2) is 5.85. The molecule has 0 aromatic heterocycles. The molecule has 2 N–H and O–H groups in total. The maximum atomic E-state index is 13.5. The van der Waals surface area contributed by atoms with E-state index < -0.39 is 17.2 Å². The van der Waals surface area contributed by atoms with Gasteiger partial charge in [-0.25, -0.2) is 8.78 Å². The number of carbonyl (C=O) groups is 1. The Hall–Kier alpha value is -1.53. The van der Waals surface area contributed by atoms with Crippen LogP contribution in [0.4, 0.5) is 8.78 Å². The van der Waals surface area contributed by atoms with Gasteiger partial charge in [0.25, 0.3) is 0 Å². The van der Waals surface area contributed by atoms with Crippen molar-refractivity contribution in [1.82, 2.24) is 10.2 Å². The zero-order valence-corrected chi connectivity index (χ0v) is 11.3. The van der Waals surface area contributed by atoms with Crippen molar-refractivity contribution in [1.29, 1.82) is 0 Å². The van der Waals surface area contributed by atoms with E-state index in [9.17, 15) is 18.7 Å². The Kier molecular flexibility index (Phi) is 4.35. The summed E-state index contributed by atoms with van der Waals surface area (Å²) in [5.74, 6) is -2.30. The van der Waals surface area contributed by atoms with Gasteiger partial charge in [-0.15, -0.1) is 0 Å². The Morgan fingerprint density at radius 3 is 2.90 bits per heavy atom. The monoisotopic (exact) mass is 284 g/mol. The van der Waals surface area contributed by atoms with E-state index in [0.717, 1.165) is 6.07 Å².